The molecule has 2 aliphatic heterocycles. The Morgan fingerprint density at radius 2 is 2.11 bits per heavy atom. The molecule has 146 valence electrons. The zero-order valence-corrected chi connectivity index (χ0v) is 16.1. The summed E-state index contributed by atoms with van der Waals surface area (Å²) in [6.07, 6.45) is 4.30. The van der Waals surface area contributed by atoms with Crippen molar-refractivity contribution in [2.24, 2.45) is 0 Å². The Labute approximate surface area is 157 Å². The van der Waals surface area contributed by atoms with Crippen molar-refractivity contribution in [2.75, 3.05) is 19.3 Å². The Morgan fingerprint density at radius 3 is 2.81 bits per heavy atom. The fraction of sp³-hybridized carbons (Fsp3) is 0.625. The Kier molecular flexibility index (Phi) is 4.50. The first-order valence-corrected chi connectivity index (χ1v) is 10.8. The zero-order chi connectivity index (χ0) is 19.2. The number of sulfonamides is 1. The lowest BCUT2D eigenvalue weighted by Gasteiger charge is -2.33. The predicted octanol–water partition coefficient (Wildman–Crippen LogP) is 0.786. The van der Waals surface area contributed by atoms with Gasteiger partial charge >= 0.3 is 0 Å². The zero-order valence-electron chi connectivity index (χ0n) is 15.3. The highest BCUT2D eigenvalue weighted by atomic mass is 32.2. The maximum atomic E-state index is 13.2. The van der Waals surface area contributed by atoms with Crippen LogP contribution in [0.2, 0.25) is 0 Å². The summed E-state index contributed by atoms with van der Waals surface area (Å²) in [7, 11) is -3.28. The smallest absolute Gasteiger partial charge is 0.275 e. The highest BCUT2D eigenvalue weighted by Crippen LogP contribution is 2.32. The molecule has 1 atom stereocenters. The van der Waals surface area contributed by atoms with Crippen LogP contribution in [-0.2, 0) is 23.0 Å². The number of likely N-dealkylation sites (tertiary alicyclic amines) is 1. The molecule has 0 aliphatic carbocycles. The molecule has 0 aromatic carbocycles. The van der Waals surface area contributed by atoms with Gasteiger partial charge in [-0.15, -0.1) is 0 Å². The van der Waals surface area contributed by atoms with Gasteiger partial charge in [-0.3, -0.25) is 9.89 Å². The number of fused-ring (bicyclic) bond motifs is 1. The van der Waals surface area contributed by atoms with E-state index < -0.39 is 10.0 Å². The van der Waals surface area contributed by atoms with Gasteiger partial charge in [0.25, 0.3) is 5.91 Å². The molecule has 1 amide bonds. The van der Waals surface area contributed by atoms with Gasteiger partial charge in [-0.25, -0.2) is 8.42 Å². The summed E-state index contributed by atoms with van der Waals surface area (Å²) in [5.74, 6) is 0.815. The highest BCUT2D eigenvalue weighted by molar-refractivity contribution is 7.88. The second kappa shape index (κ2) is 6.71. The molecule has 1 unspecified atom stereocenters. The topological polar surface area (TPSA) is 125 Å². The number of aromatic amines is 1. The van der Waals surface area contributed by atoms with Crippen LogP contribution >= 0.6 is 0 Å². The number of hydrogen-bond acceptors (Lipinski definition) is 7. The summed E-state index contributed by atoms with van der Waals surface area (Å²) in [6.45, 7) is 2.90. The van der Waals surface area contributed by atoms with Crippen LogP contribution in [0.5, 0.6) is 0 Å². The van der Waals surface area contributed by atoms with Crippen LogP contribution in [0.4, 0.5) is 0 Å². The van der Waals surface area contributed by atoms with E-state index >= 15 is 0 Å². The molecule has 2 aliphatic rings. The molecule has 1 saturated heterocycles. The second-order valence-corrected chi connectivity index (χ2v) is 9.05. The normalized spacial score (nSPS) is 21.3. The number of H-pyrrole nitrogens is 1. The number of rotatable bonds is 3. The lowest BCUT2D eigenvalue weighted by molar-refractivity contribution is 0.0554. The summed E-state index contributed by atoms with van der Waals surface area (Å²) in [5.41, 5.74) is 1.84. The van der Waals surface area contributed by atoms with Crippen LogP contribution in [0.15, 0.2) is 4.52 Å². The molecule has 1 fully saturated rings. The molecular weight excluding hydrogens is 372 g/mol. The molecule has 0 spiro atoms. The maximum absolute atomic E-state index is 13.2. The van der Waals surface area contributed by atoms with Crippen LogP contribution in [0, 0.1) is 6.92 Å². The second-order valence-electron chi connectivity index (χ2n) is 7.07. The number of nitrogens with one attached hydrogen (secondary N) is 1. The molecule has 0 radical (unpaired) electrons. The number of amides is 1. The fourth-order valence-electron chi connectivity index (χ4n) is 3.77. The SMILES string of the molecule is Cc1noc(C2CCCCN2C(=O)c2n[nH]c3c2CCN(S(C)(=O)=O)C3)n1. The Balaban J connectivity index is 1.60. The minimum absolute atomic E-state index is 0.180. The van der Waals surface area contributed by atoms with E-state index in [4.69, 9.17) is 4.52 Å². The predicted molar refractivity (Wildman–Crippen MR) is 94.2 cm³/mol. The van der Waals surface area contributed by atoms with Crippen LogP contribution < -0.4 is 0 Å². The summed E-state index contributed by atoms with van der Waals surface area (Å²) in [4.78, 5) is 19.3. The lowest BCUT2D eigenvalue weighted by Crippen LogP contribution is -2.40. The molecule has 0 saturated carbocycles. The number of piperidine rings is 1. The number of hydrogen-bond donors (Lipinski definition) is 1. The van der Waals surface area contributed by atoms with E-state index in [2.05, 4.69) is 20.3 Å². The van der Waals surface area contributed by atoms with Crippen molar-refractivity contribution in [3.05, 3.63) is 28.7 Å². The van der Waals surface area contributed by atoms with E-state index in [1.807, 2.05) is 0 Å². The van der Waals surface area contributed by atoms with Gasteiger partial charge in [0.2, 0.25) is 15.9 Å². The molecule has 4 rings (SSSR count). The van der Waals surface area contributed by atoms with Crippen molar-refractivity contribution in [3.63, 3.8) is 0 Å². The average Bonchev–Trinajstić information content (AvgIpc) is 3.26. The quantitative estimate of drug-likeness (QED) is 0.815. The third-order valence-electron chi connectivity index (χ3n) is 5.16. The molecule has 27 heavy (non-hydrogen) atoms. The summed E-state index contributed by atoms with van der Waals surface area (Å²) >= 11 is 0. The Morgan fingerprint density at radius 1 is 1.30 bits per heavy atom. The molecule has 1 N–H and O–H groups in total. The van der Waals surface area contributed by atoms with Crippen LogP contribution in [0.25, 0.3) is 0 Å². The number of carbonyl (C=O) groups is 1. The molecule has 2 aromatic rings. The molecule has 4 heterocycles. The monoisotopic (exact) mass is 394 g/mol. The van der Waals surface area contributed by atoms with E-state index in [0.717, 1.165) is 24.8 Å². The van der Waals surface area contributed by atoms with Crippen molar-refractivity contribution in [1.29, 1.82) is 0 Å². The number of aromatic nitrogens is 4. The Bertz CT molecular complexity index is 965. The van der Waals surface area contributed by atoms with Gasteiger partial charge in [-0.1, -0.05) is 5.16 Å². The van der Waals surface area contributed by atoms with Gasteiger partial charge in [0.05, 0.1) is 18.5 Å². The number of nitrogens with zero attached hydrogens (tertiary/aromatic N) is 5. The summed E-state index contributed by atoms with van der Waals surface area (Å²) in [6, 6.07) is -0.254. The van der Waals surface area contributed by atoms with E-state index in [9.17, 15) is 13.2 Å². The first kappa shape index (κ1) is 18.1. The first-order valence-electron chi connectivity index (χ1n) is 8.97. The first-order chi connectivity index (χ1) is 12.8. The summed E-state index contributed by atoms with van der Waals surface area (Å²) < 4.78 is 30.2. The van der Waals surface area contributed by atoms with Crippen LogP contribution in [0.3, 0.4) is 0 Å². The highest BCUT2D eigenvalue weighted by Gasteiger charge is 2.36. The van der Waals surface area contributed by atoms with Crippen molar-refractivity contribution >= 4 is 15.9 Å². The third-order valence-corrected chi connectivity index (χ3v) is 6.41. The van der Waals surface area contributed by atoms with Gasteiger partial charge < -0.3 is 9.42 Å². The molecular formula is C16H22N6O4S. The summed E-state index contributed by atoms with van der Waals surface area (Å²) in [5, 5.41) is 10.9. The van der Waals surface area contributed by atoms with Gasteiger partial charge in [-0.2, -0.15) is 14.4 Å². The standard InChI is InChI=1S/C16H22N6O4S/c1-10-17-15(26-20-10)13-5-3-4-7-22(13)16(23)14-11-6-8-21(27(2,24)25)9-12(11)18-19-14/h13H,3-9H2,1-2H3,(H,18,19). The van der Waals surface area contributed by atoms with Gasteiger partial charge in [0.15, 0.2) is 11.5 Å². The lowest BCUT2D eigenvalue weighted by atomic mass is 9.99. The number of aryl methyl sites for hydroxylation is 1. The van der Waals surface area contributed by atoms with Crippen LogP contribution in [-0.4, -0.2) is 63.2 Å². The van der Waals surface area contributed by atoms with Gasteiger partial charge in [0.1, 0.15) is 6.04 Å². The van der Waals surface area contributed by atoms with Gasteiger partial charge in [-0.05, 0) is 32.6 Å². The van der Waals surface area contributed by atoms with E-state index in [0.29, 0.717) is 42.6 Å². The Hall–Kier alpha value is -2.27. The van der Waals surface area contributed by atoms with Crippen molar-refractivity contribution in [2.45, 2.75) is 45.2 Å². The minimum Gasteiger partial charge on any atom is -0.337 e. The van der Waals surface area contributed by atoms with Crippen molar-refractivity contribution in [1.82, 2.24) is 29.5 Å². The molecule has 2 aromatic heterocycles. The van der Waals surface area contributed by atoms with Crippen molar-refractivity contribution < 1.29 is 17.7 Å². The van der Waals surface area contributed by atoms with E-state index in [1.165, 1.54) is 10.6 Å². The minimum atomic E-state index is -3.28. The van der Waals surface area contributed by atoms with E-state index in [1.54, 1.807) is 11.8 Å². The van der Waals surface area contributed by atoms with Crippen molar-refractivity contribution in [3.8, 4) is 0 Å². The van der Waals surface area contributed by atoms with Crippen LogP contribution in [0.1, 0.15) is 58.8 Å². The van der Waals surface area contributed by atoms with E-state index in [-0.39, 0.29) is 18.5 Å². The molecule has 11 heteroatoms. The molecule has 10 nitrogen and oxygen atoms in total. The molecule has 0 bridgehead atoms. The largest absolute Gasteiger partial charge is 0.337 e. The third kappa shape index (κ3) is 3.36. The van der Waals surface area contributed by atoms with Gasteiger partial charge in [0, 0.05) is 18.7 Å². The average molecular weight is 394 g/mol. The number of carbonyl (C=O) groups excluding carboxylic acids is 1. The maximum Gasteiger partial charge on any atom is 0.275 e. The fourth-order valence-corrected chi connectivity index (χ4v) is 4.56.